The maximum absolute atomic E-state index is 13.3. The molecular weight excluding hydrogens is 394 g/mol. The lowest BCUT2D eigenvalue weighted by molar-refractivity contribution is 0.0720. The second-order valence-electron chi connectivity index (χ2n) is 9.15. The summed E-state index contributed by atoms with van der Waals surface area (Å²) in [4.78, 5) is 27.6. The molecule has 8 nitrogen and oxygen atoms in total. The molecule has 3 aromatic rings. The number of methoxy groups -OCH3 is 1. The lowest BCUT2D eigenvalue weighted by Gasteiger charge is -2.26. The predicted molar refractivity (Wildman–Crippen MR) is 119 cm³/mol. The Labute approximate surface area is 181 Å². The molecule has 3 heterocycles. The molecule has 0 saturated carbocycles. The number of nitrogens with zero attached hydrogens (tertiary/aromatic N) is 5. The molecule has 0 aliphatic carbocycles. The Bertz CT molecular complexity index is 1190. The van der Waals surface area contributed by atoms with Crippen LogP contribution in [0, 0.1) is 0 Å². The van der Waals surface area contributed by atoms with E-state index in [1.165, 1.54) is 4.68 Å². The molecule has 1 saturated heterocycles. The normalized spacial score (nSPS) is 16.8. The molecule has 1 fully saturated rings. The minimum atomic E-state index is -0.153. The molecule has 0 N–H and O–H groups in total. The number of hydrogen-bond donors (Lipinski definition) is 0. The van der Waals surface area contributed by atoms with Crippen molar-refractivity contribution in [1.29, 1.82) is 0 Å². The standard InChI is InChI=1S/C23H29N5O3/c1-23(2,3)19-10-11-20(29)28(25-19)14-16-7-6-12-27(16)21(30)15-8-9-17-18(13-15)24-26(4)22(17)31-5/h8-11,13,16H,6-7,12,14H2,1-5H3. The smallest absolute Gasteiger partial charge is 0.266 e. The van der Waals surface area contributed by atoms with Crippen molar-refractivity contribution in [3.05, 3.63) is 51.9 Å². The van der Waals surface area contributed by atoms with E-state index in [-0.39, 0.29) is 22.9 Å². The van der Waals surface area contributed by atoms with Gasteiger partial charge in [0.15, 0.2) is 0 Å². The zero-order valence-electron chi connectivity index (χ0n) is 18.8. The summed E-state index contributed by atoms with van der Waals surface area (Å²) in [5, 5.41) is 9.90. The Balaban J connectivity index is 1.60. The van der Waals surface area contributed by atoms with E-state index in [2.05, 4.69) is 31.0 Å². The van der Waals surface area contributed by atoms with Crippen LogP contribution < -0.4 is 10.3 Å². The third kappa shape index (κ3) is 3.94. The van der Waals surface area contributed by atoms with E-state index >= 15 is 0 Å². The molecule has 164 valence electrons. The van der Waals surface area contributed by atoms with Crippen molar-refractivity contribution in [2.24, 2.45) is 7.05 Å². The van der Waals surface area contributed by atoms with Crippen molar-refractivity contribution in [1.82, 2.24) is 24.5 Å². The topological polar surface area (TPSA) is 82.2 Å². The molecule has 8 heteroatoms. The average molecular weight is 424 g/mol. The van der Waals surface area contributed by atoms with Crippen LogP contribution in [0.25, 0.3) is 10.9 Å². The highest BCUT2D eigenvalue weighted by Gasteiger charge is 2.31. The Kier molecular flexibility index (Phi) is 5.33. The van der Waals surface area contributed by atoms with E-state index in [9.17, 15) is 9.59 Å². The third-order valence-corrected chi connectivity index (χ3v) is 5.88. The molecule has 2 aromatic heterocycles. The van der Waals surface area contributed by atoms with Crippen LogP contribution in [-0.2, 0) is 19.0 Å². The fraction of sp³-hybridized carbons (Fsp3) is 0.478. The molecule has 1 unspecified atom stereocenters. The van der Waals surface area contributed by atoms with Crippen LogP contribution >= 0.6 is 0 Å². The molecule has 1 atom stereocenters. The monoisotopic (exact) mass is 423 g/mol. The van der Waals surface area contributed by atoms with Gasteiger partial charge in [0.2, 0.25) is 5.88 Å². The van der Waals surface area contributed by atoms with E-state index < -0.39 is 0 Å². The minimum Gasteiger partial charge on any atom is -0.481 e. The fourth-order valence-corrected chi connectivity index (χ4v) is 4.19. The Morgan fingerprint density at radius 1 is 1.19 bits per heavy atom. The summed E-state index contributed by atoms with van der Waals surface area (Å²) >= 11 is 0. The fourth-order valence-electron chi connectivity index (χ4n) is 4.19. The van der Waals surface area contributed by atoms with Crippen LogP contribution in [0.3, 0.4) is 0 Å². The zero-order valence-corrected chi connectivity index (χ0v) is 18.8. The van der Waals surface area contributed by atoms with Gasteiger partial charge < -0.3 is 9.64 Å². The molecule has 0 bridgehead atoms. The number of benzene rings is 1. The van der Waals surface area contributed by atoms with Crippen LogP contribution in [0.4, 0.5) is 0 Å². The van der Waals surface area contributed by atoms with Crippen LogP contribution in [0.15, 0.2) is 35.1 Å². The lowest BCUT2D eigenvalue weighted by Crippen LogP contribution is -2.41. The minimum absolute atomic E-state index is 0.0472. The number of aryl methyl sites for hydroxylation is 1. The zero-order chi connectivity index (χ0) is 22.3. The predicted octanol–water partition coefficient (Wildman–Crippen LogP) is 2.74. The van der Waals surface area contributed by atoms with E-state index in [4.69, 9.17) is 4.74 Å². The van der Waals surface area contributed by atoms with Gasteiger partial charge in [0.1, 0.15) is 0 Å². The van der Waals surface area contributed by atoms with Crippen LogP contribution in [0.1, 0.15) is 49.7 Å². The van der Waals surface area contributed by atoms with Gasteiger partial charge in [-0.2, -0.15) is 10.2 Å². The molecule has 0 radical (unpaired) electrons. The number of hydrogen-bond acceptors (Lipinski definition) is 5. The van der Waals surface area contributed by atoms with Gasteiger partial charge in [-0.1, -0.05) is 20.8 Å². The summed E-state index contributed by atoms with van der Waals surface area (Å²) in [6.45, 7) is 7.27. The summed E-state index contributed by atoms with van der Waals surface area (Å²) < 4.78 is 8.56. The van der Waals surface area contributed by atoms with E-state index in [0.717, 1.165) is 29.4 Å². The van der Waals surface area contributed by atoms with Crippen molar-refractivity contribution in [2.75, 3.05) is 13.7 Å². The van der Waals surface area contributed by atoms with Crippen molar-refractivity contribution in [3.8, 4) is 5.88 Å². The summed E-state index contributed by atoms with van der Waals surface area (Å²) in [6.07, 6.45) is 1.75. The highest BCUT2D eigenvalue weighted by molar-refractivity contribution is 5.99. The summed E-state index contributed by atoms with van der Waals surface area (Å²) in [6, 6.07) is 8.78. The molecule has 1 aromatic carbocycles. The van der Waals surface area contributed by atoms with E-state index in [1.807, 2.05) is 24.1 Å². The number of likely N-dealkylation sites (tertiary alicyclic amines) is 1. The highest BCUT2D eigenvalue weighted by atomic mass is 16.5. The first-order valence-corrected chi connectivity index (χ1v) is 10.6. The number of ether oxygens (including phenoxy) is 1. The van der Waals surface area contributed by atoms with Gasteiger partial charge in [-0.05, 0) is 37.1 Å². The number of fused-ring (bicyclic) bond motifs is 1. The number of aromatic nitrogens is 4. The number of amides is 1. The van der Waals surface area contributed by atoms with Gasteiger partial charge in [0.05, 0.1) is 36.3 Å². The average Bonchev–Trinajstić information content (AvgIpc) is 3.30. The molecule has 1 aliphatic rings. The number of carbonyl (C=O) groups excluding carboxylic acids is 1. The van der Waals surface area contributed by atoms with Gasteiger partial charge >= 0.3 is 0 Å². The quantitative estimate of drug-likeness (QED) is 0.644. The molecule has 4 rings (SSSR count). The molecule has 0 spiro atoms. The summed E-state index contributed by atoms with van der Waals surface area (Å²) in [5.41, 5.74) is 1.87. The highest BCUT2D eigenvalue weighted by Crippen LogP contribution is 2.27. The first kappa shape index (κ1) is 21.1. The Morgan fingerprint density at radius 2 is 1.97 bits per heavy atom. The summed E-state index contributed by atoms with van der Waals surface area (Å²) in [5.74, 6) is 0.617. The van der Waals surface area contributed by atoms with E-state index in [1.54, 1.807) is 30.0 Å². The third-order valence-electron chi connectivity index (χ3n) is 5.88. The molecular formula is C23H29N5O3. The van der Waals surface area contributed by atoms with Gasteiger partial charge in [0.25, 0.3) is 11.5 Å². The second-order valence-corrected chi connectivity index (χ2v) is 9.15. The van der Waals surface area contributed by atoms with E-state index in [0.29, 0.717) is 24.5 Å². The second kappa shape index (κ2) is 7.83. The van der Waals surface area contributed by atoms with Crippen molar-refractivity contribution >= 4 is 16.8 Å². The lowest BCUT2D eigenvalue weighted by atomic mass is 9.92. The first-order valence-electron chi connectivity index (χ1n) is 10.6. The SMILES string of the molecule is COc1c2ccc(C(=O)N3CCCC3Cn3nc(C(C)(C)C)ccc3=O)cc2nn1C. The van der Waals surface area contributed by atoms with Crippen LogP contribution in [0.2, 0.25) is 0 Å². The van der Waals surface area contributed by atoms with Crippen molar-refractivity contribution in [3.63, 3.8) is 0 Å². The summed E-state index contributed by atoms with van der Waals surface area (Å²) in [7, 11) is 3.42. The van der Waals surface area contributed by atoms with Gasteiger partial charge in [-0.3, -0.25) is 9.59 Å². The maximum atomic E-state index is 13.3. The molecule has 31 heavy (non-hydrogen) atoms. The first-order chi connectivity index (χ1) is 14.7. The maximum Gasteiger partial charge on any atom is 0.266 e. The van der Waals surface area contributed by atoms with Crippen LogP contribution in [0.5, 0.6) is 5.88 Å². The largest absolute Gasteiger partial charge is 0.481 e. The van der Waals surface area contributed by atoms with Gasteiger partial charge in [-0.25, -0.2) is 9.36 Å². The number of rotatable bonds is 4. The molecule has 1 aliphatic heterocycles. The van der Waals surface area contributed by atoms with Gasteiger partial charge in [-0.15, -0.1) is 0 Å². The van der Waals surface area contributed by atoms with Gasteiger partial charge in [0, 0.05) is 30.6 Å². The van der Waals surface area contributed by atoms with Crippen molar-refractivity contribution in [2.45, 2.75) is 51.6 Å². The van der Waals surface area contributed by atoms with Crippen molar-refractivity contribution < 1.29 is 9.53 Å². The number of carbonyl (C=O) groups is 1. The molecule has 1 amide bonds. The Hall–Kier alpha value is -3.16. The van der Waals surface area contributed by atoms with Crippen LogP contribution in [-0.4, -0.2) is 50.1 Å². The Morgan fingerprint density at radius 3 is 2.68 bits per heavy atom.